The minimum Gasteiger partial charge on any atom is -0.385 e. The fourth-order valence-corrected chi connectivity index (χ4v) is 0.987. The van der Waals surface area contributed by atoms with Crippen molar-refractivity contribution in [3.05, 3.63) is 22.2 Å². The van der Waals surface area contributed by atoms with Crippen LogP contribution in [-0.2, 0) is 5.33 Å². The minimum atomic E-state index is -0.415. The third kappa shape index (κ3) is 1.36. The number of nitrogens with zero attached hydrogens (tertiary/aromatic N) is 1. The number of aromatic nitrogens is 2. The summed E-state index contributed by atoms with van der Waals surface area (Å²) in [7, 11) is 0. The lowest BCUT2D eigenvalue weighted by Crippen LogP contribution is -2.13. The molecular weight excluding hydrogens is 198 g/mol. The second-order valence-electron chi connectivity index (χ2n) is 1.76. The first kappa shape index (κ1) is 7.27. The maximum absolute atomic E-state index is 10.5. The highest BCUT2D eigenvalue weighted by Crippen LogP contribution is 2.07. The quantitative estimate of drug-likeness (QED) is 0.644. The fraction of sp³-hybridized carbons (Fsp3) is 0.200. The van der Waals surface area contributed by atoms with E-state index in [4.69, 9.17) is 5.73 Å². The maximum atomic E-state index is 10.5. The molecule has 1 aromatic heterocycles. The van der Waals surface area contributed by atoms with E-state index >= 15 is 0 Å². The molecule has 10 heavy (non-hydrogen) atoms. The van der Waals surface area contributed by atoms with Crippen LogP contribution in [0.5, 0.6) is 0 Å². The summed E-state index contributed by atoms with van der Waals surface area (Å²) in [5.41, 5.74) is 5.78. The summed E-state index contributed by atoms with van der Waals surface area (Å²) in [6.45, 7) is 0. The third-order valence-electron chi connectivity index (χ3n) is 1.07. The second-order valence-corrected chi connectivity index (χ2v) is 2.32. The smallest absolute Gasteiger partial charge is 0.346 e. The van der Waals surface area contributed by atoms with E-state index in [2.05, 4.69) is 25.9 Å². The summed E-state index contributed by atoms with van der Waals surface area (Å²) >= 11 is 3.19. The Hall–Kier alpha value is -0.840. The summed E-state index contributed by atoms with van der Waals surface area (Å²) < 4.78 is 0. The highest BCUT2D eigenvalue weighted by Gasteiger charge is 1.96. The van der Waals surface area contributed by atoms with Gasteiger partial charge < -0.3 is 5.73 Å². The van der Waals surface area contributed by atoms with E-state index in [-0.39, 0.29) is 0 Å². The number of hydrogen-bond donors (Lipinski definition) is 2. The van der Waals surface area contributed by atoms with E-state index in [1.165, 1.54) is 6.20 Å². The number of rotatable bonds is 1. The lowest BCUT2D eigenvalue weighted by atomic mass is 10.4. The average Bonchev–Trinajstić information content (AvgIpc) is 1.88. The van der Waals surface area contributed by atoms with Crippen LogP contribution < -0.4 is 11.4 Å². The van der Waals surface area contributed by atoms with Crippen molar-refractivity contribution in [1.82, 2.24) is 9.97 Å². The van der Waals surface area contributed by atoms with Crippen LogP contribution in [0.4, 0.5) is 5.82 Å². The van der Waals surface area contributed by atoms with Crippen molar-refractivity contribution in [2.75, 3.05) is 5.73 Å². The SMILES string of the molecule is Nc1[nH]c(=O)ncc1CBr. The molecule has 0 saturated heterocycles. The van der Waals surface area contributed by atoms with Crippen LogP contribution in [0.15, 0.2) is 11.0 Å². The fourth-order valence-electron chi connectivity index (χ4n) is 0.540. The molecule has 1 heterocycles. The third-order valence-corrected chi connectivity index (χ3v) is 1.67. The normalized spacial score (nSPS) is 9.70. The first-order valence-corrected chi connectivity index (χ1v) is 3.76. The predicted octanol–water partition coefficient (Wildman–Crippen LogP) is 0.247. The zero-order chi connectivity index (χ0) is 7.56. The number of nitrogens with one attached hydrogen (secondary N) is 1. The van der Waals surface area contributed by atoms with Crippen LogP contribution in [0.2, 0.25) is 0 Å². The molecule has 0 aliphatic carbocycles. The average molecular weight is 204 g/mol. The van der Waals surface area contributed by atoms with Gasteiger partial charge in [-0.15, -0.1) is 0 Å². The molecule has 54 valence electrons. The van der Waals surface area contributed by atoms with E-state index < -0.39 is 5.69 Å². The van der Waals surface area contributed by atoms with Crippen LogP contribution >= 0.6 is 15.9 Å². The Kier molecular flexibility index (Phi) is 2.06. The van der Waals surface area contributed by atoms with E-state index in [0.717, 1.165) is 5.56 Å². The van der Waals surface area contributed by atoms with Crippen LogP contribution in [0, 0.1) is 0 Å². The molecule has 0 unspecified atom stereocenters. The Labute approximate surface area is 65.6 Å². The Bertz CT molecular complexity index is 282. The summed E-state index contributed by atoms with van der Waals surface area (Å²) in [6, 6.07) is 0. The van der Waals surface area contributed by atoms with Gasteiger partial charge in [-0.2, -0.15) is 0 Å². The summed E-state index contributed by atoms with van der Waals surface area (Å²) in [6.07, 6.45) is 1.45. The zero-order valence-electron chi connectivity index (χ0n) is 5.10. The minimum absolute atomic E-state index is 0.372. The van der Waals surface area contributed by atoms with Gasteiger partial charge in [0.2, 0.25) is 0 Å². The Balaban J connectivity index is 3.19. The van der Waals surface area contributed by atoms with Gasteiger partial charge in [0.15, 0.2) is 0 Å². The largest absolute Gasteiger partial charge is 0.385 e. The Morgan fingerprint density at radius 2 is 2.50 bits per heavy atom. The first-order valence-electron chi connectivity index (χ1n) is 2.63. The number of H-pyrrole nitrogens is 1. The van der Waals surface area contributed by atoms with Crippen LogP contribution in [0.25, 0.3) is 0 Å². The van der Waals surface area contributed by atoms with Gasteiger partial charge in [0.05, 0.1) is 0 Å². The number of halogens is 1. The monoisotopic (exact) mass is 203 g/mol. The van der Waals surface area contributed by atoms with Gasteiger partial charge in [-0.1, -0.05) is 15.9 Å². The molecule has 0 radical (unpaired) electrons. The Morgan fingerprint density at radius 3 is 3.00 bits per heavy atom. The molecule has 3 N–H and O–H groups in total. The van der Waals surface area contributed by atoms with Crippen LogP contribution in [0.1, 0.15) is 5.56 Å². The molecule has 0 spiro atoms. The Morgan fingerprint density at radius 1 is 1.80 bits per heavy atom. The molecule has 0 saturated carbocycles. The van der Waals surface area contributed by atoms with Gasteiger partial charge in [0.25, 0.3) is 0 Å². The predicted molar refractivity (Wildman–Crippen MR) is 41.9 cm³/mol. The van der Waals surface area contributed by atoms with Gasteiger partial charge in [-0.25, -0.2) is 9.78 Å². The highest BCUT2D eigenvalue weighted by molar-refractivity contribution is 9.08. The van der Waals surface area contributed by atoms with Gasteiger partial charge >= 0.3 is 5.69 Å². The van der Waals surface area contributed by atoms with Crippen molar-refractivity contribution in [3.8, 4) is 0 Å². The second kappa shape index (κ2) is 2.83. The van der Waals surface area contributed by atoms with Crippen molar-refractivity contribution in [2.45, 2.75) is 5.33 Å². The number of alkyl halides is 1. The van der Waals surface area contributed by atoms with Crippen molar-refractivity contribution < 1.29 is 0 Å². The van der Waals surface area contributed by atoms with Gasteiger partial charge in [0, 0.05) is 17.1 Å². The molecule has 1 rings (SSSR count). The molecule has 5 heteroatoms. The zero-order valence-corrected chi connectivity index (χ0v) is 6.68. The van der Waals surface area contributed by atoms with Crippen molar-refractivity contribution in [3.63, 3.8) is 0 Å². The van der Waals surface area contributed by atoms with Crippen LogP contribution in [-0.4, -0.2) is 9.97 Å². The lowest BCUT2D eigenvalue weighted by Gasteiger charge is -1.96. The molecule has 0 bridgehead atoms. The van der Waals surface area contributed by atoms with E-state index in [0.29, 0.717) is 11.1 Å². The molecule has 1 aromatic rings. The van der Waals surface area contributed by atoms with Gasteiger partial charge in [-0.3, -0.25) is 4.98 Å². The molecule has 0 fully saturated rings. The number of nitrogen functional groups attached to an aromatic ring is 1. The maximum Gasteiger partial charge on any atom is 0.346 e. The summed E-state index contributed by atoms with van der Waals surface area (Å²) in [4.78, 5) is 16.4. The van der Waals surface area contributed by atoms with Crippen LogP contribution in [0.3, 0.4) is 0 Å². The molecule has 0 aliphatic rings. The number of anilines is 1. The van der Waals surface area contributed by atoms with Gasteiger partial charge in [0.1, 0.15) is 5.82 Å². The molecule has 0 atom stereocenters. The van der Waals surface area contributed by atoms with Crippen molar-refractivity contribution >= 4 is 21.7 Å². The molecule has 0 amide bonds. The summed E-state index contributed by atoms with van der Waals surface area (Å²) in [5.74, 6) is 0.372. The van der Waals surface area contributed by atoms with E-state index in [9.17, 15) is 4.79 Å². The topological polar surface area (TPSA) is 71.8 Å². The molecule has 0 aliphatic heterocycles. The molecule has 4 nitrogen and oxygen atoms in total. The van der Waals surface area contributed by atoms with Crippen molar-refractivity contribution in [1.29, 1.82) is 0 Å². The standard InChI is InChI=1S/C5H6BrN3O/c6-1-3-2-8-5(10)9-4(3)7/h2H,1H2,(H3,7,8,9,10). The molecule has 0 aromatic carbocycles. The number of nitrogens with two attached hydrogens (primary N) is 1. The number of hydrogen-bond acceptors (Lipinski definition) is 3. The highest BCUT2D eigenvalue weighted by atomic mass is 79.9. The lowest BCUT2D eigenvalue weighted by molar-refractivity contribution is 1.06. The van der Waals surface area contributed by atoms with E-state index in [1.807, 2.05) is 0 Å². The van der Waals surface area contributed by atoms with E-state index in [1.54, 1.807) is 0 Å². The van der Waals surface area contributed by atoms with Crippen molar-refractivity contribution in [2.24, 2.45) is 0 Å². The number of aromatic amines is 1. The van der Waals surface area contributed by atoms with Gasteiger partial charge in [-0.05, 0) is 0 Å². The summed E-state index contributed by atoms with van der Waals surface area (Å²) in [5, 5.41) is 0.600. The first-order chi connectivity index (χ1) is 4.74. The molecular formula is C5H6BrN3O.